The number of rotatable bonds is 0. The van der Waals surface area contributed by atoms with Crippen molar-refractivity contribution >= 4 is 26.8 Å². The van der Waals surface area contributed by atoms with Crippen LogP contribution in [0.2, 0.25) is 0 Å². The number of halogens is 1. The molecule has 1 nitrogen and oxygen atoms in total. The zero-order valence-electron chi connectivity index (χ0n) is 12.1. The quantitative estimate of drug-likeness (QED) is 0.609. The van der Waals surface area contributed by atoms with Crippen LogP contribution in [0.4, 0.5) is 0 Å². The summed E-state index contributed by atoms with van der Waals surface area (Å²) in [4.78, 5) is 0. The number of nitrogens with zero attached hydrogens (tertiary/aromatic N) is 1. The maximum atomic E-state index is 3.58. The number of aromatic nitrogens is 1. The van der Waals surface area contributed by atoms with E-state index in [1.807, 2.05) is 0 Å². The standard InChI is InChI=1S/C16H22BrN/c1-15(2,3)13-10-18(16(4,5)6)14-8-7-11(17)9-12(13)14/h7-10H,1-6H3. The van der Waals surface area contributed by atoms with E-state index in [1.165, 1.54) is 16.5 Å². The maximum Gasteiger partial charge on any atom is 0.0489 e. The molecule has 0 radical (unpaired) electrons. The van der Waals surface area contributed by atoms with Gasteiger partial charge < -0.3 is 4.57 Å². The molecule has 0 saturated heterocycles. The second-order valence-corrected chi connectivity index (χ2v) is 7.91. The number of benzene rings is 1. The van der Waals surface area contributed by atoms with E-state index in [0.717, 1.165) is 4.47 Å². The van der Waals surface area contributed by atoms with E-state index in [0.29, 0.717) is 0 Å². The summed E-state index contributed by atoms with van der Waals surface area (Å²) in [5, 5.41) is 1.35. The first kappa shape index (κ1) is 13.7. The first-order valence-corrected chi connectivity index (χ1v) is 7.21. The minimum absolute atomic E-state index is 0.107. The predicted molar refractivity (Wildman–Crippen MR) is 83.3 cm³/mol. The second-order valence-electron chi connectivity index (χ2n) is 7.00. The van der Waals surface area contributed by atoms with Gasteiger partial charge >= 0.3 is 0 Å². The van der Waals surface area contributed by atoms with Crippen molar-refractivity contribution in [3.05, 3.63) is 34.4 Å². The molecule has 1 aromatic heterocycles. The summed E-state index contributed by atoms with van der Waals surface area (Å²) in [5.74, 6) is 0. The van der Waals surface area contributed by atoms with Crippen LogP contribution in [0, 0.1) is 0 Å². The third-order valence-corrected chi connectivity index (χ3v) is 3.79. The van der Waals surface area contributed by atoms with Gasteiger partial charge in [0.2, 0.25) is 0 Å². The highest BCUT2D eigenvalue weighted by atomic mass is 79.9. The second kappa shape index (κ2) is 4.12. The zero-order chi connectivity index (χ0) is 13.7. The van der Waals surface area contributed by atoms with Gasteiger partial charge in [0, 0.05) is 27.1 Å². The molecule has 1 heterocycles. The Kier molecular flexibility index (Phi) is 3.13. The molecule has 2 rings (SSSR count). The molecule has 18 heavy (non-hydrogen) atoms. The summed E-state index contributed by atoms with van der Waals surface area (Å²) >= 11 is 3.58. The number of hydrogen-bond acceptors (Lipinski definition) is 0. The van der Waals surface area contributed by atoms with E-state index < -0.39 is 0 Å². The minimum Gasteiger partial charge on any atom is -0.342 e. The molecule has 0 aliphatic heterocycles. The van der Waals surface area contributed by atoms with Crippen LogP contribution in [-0.2, 0) is 11.0 Å². The third kappa shape index (κ3) is 2.35. The molecule has 0 saturated carbocycles. The molecular formula is C16H22BrN. The fraction of sp³-hybridized carbons (Fsp3) is 0.500. The summed E-state index contributed by atoms with van der Waals surface area (Å²) < 4.78 is 3.53. The lowest BCUT2D eigenvalue weighted by Gasteiger charge is -2.23. The van der Waals surface area contributed by atoms with E-state index in [2.05, 4.69) is 86.4 Å². The van der Waals surface area contributed by atoms with Crippen molar-refractivity contribution in [2.45, 2.75) is 52.5 Å². The molecule has 2 aromatic rings. The molecule has 0 aliphatic rings. The largest absolute Gasteiger partial charge is 0.342 e. The lowest BCUT2D eigenvalue weighted by molar-refractivity contribution is 0.408. The van der Waals surface area contributed by atoms with Crippen molar-refractivity contribution < 1.29 is 0 Å². The van der Waals surface area contributed by atoms with Crippen LogP contribution in [0.1, 0.15) is 47.1 Å². The summed E-state index contributed by atoms with van der Waals surface area (Å²) in [5.41, 5.74) is 3.00. The van der Waals surface area contributed by atoms with Crippen LogP contribution in [0.5, 0.6) is 0 Å². The monoisotopic (exact) mass is 307 g/mol. The van der Waals surface area contributed by atoms with Crippen molar-refractivity contribution in [2.75, 3.05) is 0 Å². The van der Waals surface area contributed by atoms with Gasteiger partial charge in [0.15, 0.2) is 0 Å². The van der Waals surface area contributed by atoms with Crippen molar-refractivity contribution in [1.29, 1.82) is 0 Å². The highest BCUT2D eigenvalue weighted by Crippen LogP contribution is 2.35. The van der Waals surface area contributed by atoms with Gasteiger partial charge in [-0.3, -0.25) is 0 Å². The van der Waals surface area contributed by atoms with Gasteiger partial charge in [-0.15, -0.1) is 0 Å². The van der Waals surface area contributed by atoms with Crippen molar-refractivity contribution in [1.82, 2.24) is 4.57 Å². The molecule has 0 atom stereocenters. The molecule has 0 bridgehead atoms. The van der Waals surface area contributed by atoms with Crippen LogP contribution < -0.4 is 0 Å². The highest BCUT2D eigenvalue weighted by molar-refractivity contribution is 9.10. The topological polar surface area (TPSA) is 4.93 Å². The normalized spacial score (nSPS) is 13.3. The lowest BCUT2D eigenvalue weighted by Crippen LogP contribution is -2.21. The Labute approximate surface area is 118 Å². The summed E-state index contributed by atoms with van der Waals surface area (Å²) in [7, 11) is 0. The molecule has 0 fully saturated rings. The third-order valence-electron chi connectivity index (χ3n) is 3.30. The zero-order valence-corrected chi connectivity index (χ0v) is 13.7. The predicted octanol–water partition coefficient (Wildman–Crippen LogP) is 5.46. The van der Waals surface area contributed by atoms with Crippen LogP contribution >= 0.6 is 15.9 Å². The highest BCUT2D eigenvalue weighted by Gasteiger charge is 2.24. The molecular weight excluding hydrogens is 286 g/mol. The van der Waals surface area contributed by atoms with E-state index in [-0.39, 0.29) is 11.0 Å². The fourth-order valence-corrected chi connectivity index (χ4v) is 2.72. The Bertz CT molecular complexity index is 579. The Morgan fingerprint density at radius 1 is 1.00 bits per heavy atom. The molecule has 2 heteroatoms. The first-order valence-electron chi connectivity index (χ1n) is 6.42. The van der Waals surface area contributed by atoms with Crippen LogP contribution in [-0.4, -0.2) is 4.57 Å². The summed E-state index contributed by atoms with van der Waals surface area (Å²) in [6.45, 7) is 13.6. The Balaban J connectivity index is 2.84. The van der Waals surface area contributed by atoms with Crippen LogP contribution in [0.25, 0.3) is 10.9 Å². The summed E-state index contributed by atoms with van der Waals surface area (Å²) in [6.07, 6.45) is 2.32. The van der Waals surface area contributed by atoms with Gasteiger partial charge in [0.25, 0.3) is 0 Å². The van der Waals surface area contributed by atoms with E-state index in [9.17, 15) is 0 Å². The fourth-order valence-electron chi connectivity index (χ4n) is 2.35. The Hall–Kier alpha value is -0.760. The van der Waals surface area contributed by atoms with E-state index >= 15 is 0 Å². The smallest absolute Gasteiger partial charge is 0.0489 e. The van der Waals surface area contributed by atoms with Gasteiger partial charge in [-0.25, -0.2) is 0 Å². The maximum absolute atomic E-state index is 3.58. The van der Waals surface area contributed by atoms with Gasteiger partial charge in [-0.1, -0.05) is 36.7 Å². The molecule has 1 aromatic carbocycles. The van der Waals surface area contributed by atoms with Gasteiger partial charge in [-0.2, -0.15) is 0 Å². The minimum atomic E-state index is 0.107. The van der Waals surface area contributed by atoms with E-state index in [4.69, 9.17) is 0 Å². The van der Waals surface area contributed by atoms with Gasteiger partial charge in [-0.05, 0) is 49.9 Å². The lowest BCUT2D eigenvalue weighted by atomic mass is 9.87. The number of fused-ring (bicyclic) bond motifs is 1. The first-order chi connectivity index (χ1) is 8.10. The SMILES string of the molecule is CC(C)(C)c1cn(C(C)(C)C)c2ccc(Br)cc12. The van der Waals surface area contributed by atoms with Gasteiger partial charge in [0.05, 0.1) is 0 Å². The molecule has 0 N–H and O–H groups in total. The molecule has 0 amide bonds. The molecule has 0 spiro atoms. The average Bonchev–Trinajstić information content (AvgIpc) is 2.54. The summed E-state index contributed by atoms with van der Waals surface area (Å²) in [6, 6.07) is 6.56. The van der Waals surface area contributed by atoms with Crippen LogP contribution in [0.3, 0.4) is 0 Å². The van der Waals surface area contributed by atoms with Crippen molar-refractivity contribution in [2.24, 2.45) is 0 Å². The average molecular weight is 308 g/mol. The van der Waals surface area contributed by atoms with E-state index in [1.54, 1.807) is 0 Å². The van der Waals surface area contributed by atoms with Crippen molar-refractivity contribution in [3.63, 3.8) is 0 Å². The molecule has 0 unspecified atom stereocenters. The number of hydrogen-bond donors (Lipinski definition) is 0. The Morgan fingerprint density at radius 2 is 1.61 bits per heavy atom. The van der Waals surface area contributed by atoms with Crippen molar-refractivity contribution in [3.8, 4) is 0 Å². The van der Waals surface area contributed by atoms with Crippen LogP contribution in [0.15, 0.2) is 28.9 Å². The van der Waals surface area contributed by atoms with Gasteiger partial charge in [0.1, 0.15) is 0 Å². The Morgan fingerprint density at radius 3 is 2.11 bits per heavy atom. The molecule has 98 valence electrons. The molecule has 0 aliphatic carbocycles.